The van der Waals surface area contributed by atoms with Crippen LogP contribution in [0.15, 0.2) is 48.5 Å². The van der Waals surface area contributed by atoms with Crippen LogP contribution in [0.5, 0.6) is 5.75 Å². The molecule has 0 bridgehead atoms. The van der Waals surface area contributed by atoms with Crippen LogP contribution in [-0.4, -0.2) is 43.2 Å². The molecule has 1 aliphatic heterocycles. The summed E-state index contributed by atoms with van der Waals surface area (Å²) in [6.07, 6.45) is 1.15. The molecule has 4 nitrogen and oxygen atoms in total. The van der Waals surface area contributed by atoms with E-state index in [0.29, 0.717) is 0 Å². The van der Waals surface area contributed by atoms with Gasteiger partial charge in [-0.25, -0.2) is 4.98 Å². The highest BCUT2D eigenvalue weighted by Gasteiger charge is 2.28. The maximum absolute atomic E-state index is 5.68. The molecule has 0 saturated carbocycles. The molecule has 1 N–H and O–H groups in total. The third kappa shape index (κ3) is 3.40. The summed E-state index contributed by atoms with van der Waals surface area (Å²) in [6, 6.07) is 16.9. The molecule has 1 aromatic heterocycles. The van der Waals surface area contributed by atoms with Gasteiger partial charge in [-0.15, -0.1) is 11.3 Å². The first kappa shape index (κ1) is 16.5. The normalized spacial score (nSPS) is 17.3. The molecule has 5 heteroatoms. The van der Waals surface area contributed by atoms with Gasteiger partial charge in [-0.3, -0.25) is 4.90 Å². The van der Waals surface area contributed by atoms with Gasteiger partial charge in [0.25, 0.3) is 0 Å². The lowest BCUT2D eigenvalue weighted by Gasteiger charge is -2.30. The van der Waals surface area contributed by atoms with E-state index in [1.54, 1.807) is 18.4 Å². The van der Waals surface area contributed by atoms with E-state index in [0.717, 1.165) is 48.9 Å². The molecule has 25 heavy (non-hydrogen) atoms. The maximum atomic E-state index is 5.68. The van der Waals surface area contributed by atoms with Gasteiger partial charge in [-0.05, 0) is 31.2 Å². The van der Waals surface area contributed by atoms with Crippen LogP contribution in [0.3, 0.4) is 0 Å². The molecule has 0 radical (unpaired) electrons. The van der Waals surface area contributed by atoms with Crippen LogP contribution in [0.2, 0.25) is 0 Å². The van der Waals surface area contributed by atoms with E-state index in [1.165, 1.54) is 10.3 Å². The van der Waals surface area contributed by atoms with Gasteiger partial charge in [0.15, 0.2) is 0 Å². The zero-order valence-electron chi connectivity index (χ0n) is 14.4. The minimum atomic E-state index is 0.133. The first-order valence-corrected chi connectivity index (χ1v) is 9.61. The Morgan fingerprint density at radius 1 is 1.08 bits per heavy atom. The Labute approximate surface area is 152 Å². The van der Waals surface area contributed by atoms with Crippen molar-refractivity contribution in [1.29, 1.82) is 0 Å². The summed E-state index contributed by atoms with van der Waals surface area (Å²) in [4.78, 5) is 7.51. The van der Waals surface area contributed by atoms with E-state index in [9.17, 15) is 0 Å². The molecular formula is C20H23N3OS. The Balaban J connectivity index is 1.82. The van der Waals surface area contributed by atoms with Gasteiger partial charge in [0.1, 0.15) is 10.8 Å². The number of thiazole rings is 1. The third-order valence-electron chi connectivity index (χ3n) is 4.72. The number of nitrogens with zero attached hydrogens (tertiary/aromatic N) is 2. The van der Waals surface area contributed by atoms with Gasteiger partial charge in [0.2, 0.25) is 0 Å². The van der Waals surface area contributed by atoms with Crippen molar-refractivity contribution in [2.75, 3.05) is 33.3 Å². The van der Waals surface area contributed by atoms with Crippen molar-refractivity contribution in [3.63, 3.8) is 0 Å². The van der Waals surface area contributed by atoms with Crippen LogP contribution in [0, 0.1) is 0 Å². The second-order valence-corrected chi connectivity index (χ2v) is 7.37. The van der Waals surface area contributed by atoms with E-state index >= 15 is 0 Å². The Kier molecular flexibility index (Phi) is 4.97. The summed E-state index contributed by atoms with van der Waals surface area (Å²) < 4.78 is 6.92. The number of nitrogens with one attached hydrogen (secondary N) is 1. The van der Waals surface area contributed by atoms with Gasteiger partial charge in [0.05, 0.1) is 23.4 Å². The van der Waals surface area contributed by atoms with Crippen LogP contribution >= 0.6 is 11.3 Å². The van der Waals surface area contributed by atoms with Crippen molar-refractivity contribution in [2.24, 2.45) is 0 Å². The van der Waals surface area contributed by atoms with E-state index in [2.05, 4.69) is 46.6 Å². The second-order valence-electron chi connectivity index (χ2n) is 6.30. The standard InChI is InChI=1S/C20H23N3OS/c1-24-17-9-4-2-7-15(17)19(23-13-6-11-21-12-14-23)20-22-16-8-3-5-10-18(16)25-20/h2-5,7-10,19,21H,6,11-14H2,1H3. The van der Waals surface area contributed by atoms with E-state index in [4.69, 9.17) is 9.72 Å². The SMILES string of the molecule is COc1ccccc1C(c1nc2ccccc2s1)N1CCCNCC1. The molecule has 0 aliphatic carbocycles. The number of methoxy groups -OCH3 is 1. The highest BCUT2D eigenvalue weighted by molar-refractivity contribution is 7.18. The topological polar surface area (TPSA) is 37.4 Å². The summed E-state index contributed by atoms with van der Waals surface area (Å²) in [5.74, 6) is 0.934. The zero-order chi connectivity index (χ0) is 17.1. The smallest absolute Gasteiger partial charge is 0.124 e. The third-order valence-corrected chi connectivity index (χ3v) is 5.81. The zero-order valence-corrected chi connectivity index (χ0v) is 15.3. The monoisotopic (exact) mass is 353 g/mol. The summed E-state index contributed by atoms with van der Waals surface area (Å²) in [6.45, 7) is 4.16. The number of aromatic nitrogens is 1. The minimum absolute atomic E-state index is 0.133. The fraction of sp³-hybridized carbons (Fsp3) is 0.350. The van der Waals surface area contributed by atoms with Crippen LogP contribution in [0.1, 0.15) is 23.0 Å². The Bertz CT molecular complexity index is 807. The van der Waals surface area contributed by atoms with Gasteiger partial charge in [-0.1, -0.05) is 30.3 Å². The number of fused-ring (bicyclic) bond motifs is 1. The number of benzene rings is 2. The van der Waals surface area contributed by atoms with Crippen molar-refractivity contribution < 1.29 is 4.74 Å². The molecule has 1 saturated heterocycles. The molecule has 2 heterocycles. The molecule has 4 rings (SSSR count). The number of ether oxygens (including phenoxy) is 1. The molecule has 1 fully saturated rings. The average Bonchev–Trinajstić information content (AvgIpc) is 2.89. The van der Waals surface area contributed by atoms with Crippen LogP contribution in [-0.2, 0) is 0 Å². The molecule has 2 aromatic carbocycles. The van der Waals surface area contributed by atoms with Crippen molar-refractivity contribution in [1.82, 2.24) is 15.2 Å². The van der Waals surface area contributed by atoms with Crippen LogP contribution < -0.4 is 10.1 Å². The molecule has 3 aromatic rings. The molecule has 1 aliphatic rings. The summed E-state index contributed by atoms with van der Waals surface area (Å²) >= 11 is 1.79. The predicted octanol–water partition coefficient (Wildman–Crippen LogP) is 3.69. The quantitative estimate of drug-likeness (QED) is 0.776. The maximum Gasteiger partial charge on any atom is 0.124 e. The lowest BCUT2D eigenvalue weighted by molar-refractivity contribution is 0.236. The number of hydrogen-bond acceptors (Lipinski definition) is 5. The molecule has 1 atom stereocenters. The second kappa shape index (κ2) is 7.52. The van der Waals surface area contributed by atoms with Gasteiger partial charge in [0, 0.05) is 25.2 Å². The lowest BCUT2D eigenvalue weighted by atomic mass is 10.0. The molecular weight excluding hydrogens is 330 g/mol. The molecule has 0 amide bonds. The molecule has 130 valence electrons. The first-order chi connectivity index (χ1) is 12.4. The highest BCUT2D eigenvalue weighted by atomic mass is 32.1. The van der Waals surface area contributed by atoms with Gasteiger partial charge < -0.3 is 10.1 Å². The number of rotatable bonds is 4. The largest absolute Gasteiger partial charge is 0.496 e. The first-order valence-electron chi connectivity index (χ1n) is 8.80. The van der Waals surface area contributed by atoms with Gasteiger partial charge >= 0.3 is 0 Å². The van der Waals surface area contributed by atoms with Crippen molar-refractivity contribution >= 4 is 21.6 Å². The van der Waals surface area contributed by atoms with Gasteiger partial charge in [-0.2, -0.15) is 0 Å². The van der Waals surface area contributed by atoms with Crippen molar-refractivity contribution in [3.8, 4) is 5.75 Å². The van der Waals surface area contributed by atoms with Crippen molar-refractivity contribution in [2.45, 2.75) is 12.5 Å². The minimum Gasteiger partial charge on any atom is -0.496 e. The Morgan fingerprint density at radius 3 is 2.80 bits per heavy atom. The van der Waals surface area contributed by atoms with E-state index in [-0.39, 0.29) is 6.04 Å². The van der Waals surface area contributed by atoms with E-state index < -0.39 is 0 Å². The summed E-state index contributed by atoms with van der Waals surface area (Å²) in [5, 5.41) is 4.65. The lowest BCUT2D eigenvalue weighted by Crippen LogP contribution is -2.33. The highest BCUT2D eigenvalue weighted by Crippen LogP contribution is 2.38. The van der Waals surface area contributed by atoms with Crippen LogP contribution in [0.4, 0.5) is 0 Å². The molecule has 1 unspecified atom stereocenters. The van der Waals surface area contributed by atoms with E-state index in [1.807, 2.05) is 12.1 Å². The fourth-order valence-electron chi connectivity index (χ4n) is 3.51. The number of para-hydroxylation sites is 2. The number of hydrogen-bond donors (Lipinski definition) is 1. The average molecular weight is 353 g/mol. The molecule has 0 spiro atoms. The van der Waals surface area contributed by atoms with Crippen molar-refractivity contribution in [3.05, 3.63) is 59.1 Å². The fourth-order valence-corrected chi connectivity index (χ4v) is 4.63. The summed E-state index contributed by atoms with van der Waals surface area (Å²) in [5.41, 5.74) is 2.28. The van der Waals surface area contributed by atoms with Crippen LogP contribution in [0.25, 0.3) is 10.2 Å². The predicted molar refractivity (Wildman–Crippen MR) is 104 cm³/mol. The Morgan fingerprint density at radius 2 is 1.92 bits per heavy atom. The Hall–Kier alpha value is -1.95. The summed E-state index contributed by atoms with van der Waals surface area (Å²) in [7, 11) is 1.75.